The molecule has 4 amide bonds. The van der Waals surface area contributed by atoms with Crippen LogP contribution in [-0.4, -0.2) is 74.9 Å². The predicted molar refractivity (Wildman–Crippen MR) is 217 cm³/mol. The lowest BCUT2D eigenvalue weighted by atomic mass is 9.90. The van der Waals surface area contributed by atoms with Crippen LogP contribution in [0.2, 0.25) is 6.82 Å². The Labute approximate surface area is 335 Å². The highest BCUT2D eigenvalue weighted by Crippen LogP contribution is 2.46. The summed E-state index contributed by atoms with van der Waals surface area (Å²) >= 11 is 0. The van der Waals surface area contributed by atoms with Gasteiger partial charge in [-0.15, -0.1) is 0 Å². The molecule has 17 heteroatoms. The predicted octanol–water partition coefficient (Wildman–Crippen LogP) is 6.78. The molecule has 0 spiro atoms. The first-order chi connectivity index (χ1) is 27.4. The first kappa shape index (κ1) is 46.5. The van der Waals surface area contributed by atoms with Gasteiger partial charge in [-0.1, -0.05) is 77.0 Å². The molecule has 0 aliphatic carbocycles. The fourth-order valence-electron chi connectivity index (χ4n) is 5.88. The van der Waals surface area contributed by atoms with Crippen molar-refractivity contribution in [3.05, 3.63) is 77.0 Å². The summed E-state index contributed by atoms with van der Waals surface area (Å²) in [6, 6.07) is 13.8. The number of benzene rings is 2. The fourth-order valence-corrected chi connectivity index (χ4v) is 7.27. The summed E-state index contributed by atoms with van der Waals surface area (Å²) in [4.78, 5) is 70.3. The minimum absolute atomic E-state index is 0.0325. The molecule has 3 N–H and O–H groups in total. The average molecular weight is 811 g/mol. The van der Waals surface area contributed by atoms with Crippen LogP contribution in [-0.2, 0) is 28.0 Å². The molecule has 3 atom stereocenters. The molecule has 3 aromatic rings. The summed E-state index contributed by atoms with van der Waals surface area (Å²) in [5.41, 5.74) is 1.94. The van der Waals surface area contributed by atoms with Crippen LogP contribution >= 0.6 is 7.60 Å². The van der Waals surface area contributed by atoms with Crippen LogP contribution in [0.15, 0.2) is 59.0 Å². The summed E-state index contributed by atoms with van der Waals surface area (Å²) in [6.45, 7) is 11.4. The lowest BCUT2D eigenvalue weighted by Crippen LogP contribution is -2.49. The van der Waals surface area contributed by atoms with Crippen LogP contribution in [0.5, 0.6) is 5.75 Å². The van der Waals surface area contributed by atoms with Crippen LogP contribution in [0.3, 0.4) is 0 Å². The number of rotatable bonds is 26. The number of amides is 4. The summed E-state index contributed by atoms with van der Waals surface area (Å²) in [7, 11) is -3.39. The van der Waals surface area contributed by atoms with Crippen LogP contribution in [0.4, 0.5) is 0 Å². The Kier molecular flexibility index (Phi) is 19.6. The van der Waals surface area contributed by atoms with E-state index in [-0.39, 0.29) is 56.3 Å². The molecule has 310 valence electrons. The molecule has 0 bridgehead atoms. The van der Waals surface area contributed by atoms with E-state index in [4.69, 9.17) is 23.0 Å². The van der Waals surface area contributed by atoms with Gasteiger partial charge < -0.3 is 38.9 Å². The van der Waals surface area contributed by atoms with Crippen LogP contribution in [0.25, 0.3) is 11.3 Å². The van der Waals surface area contributed by atoms with Crippen molar-refractivity contribution in [2.75, 3.05) is 26.2 Å². The number of hydroxylamine groups is 2. The van der Waals surface area contributed by atoms with Gasteiger partial charge in [0, 0.05) is 5.56 Å². The number of carbonyl (C=O) groups is 5. The lowest BCUT2D eigenvalue weighted by Gasteiger charge is -2.31. The van der Waals surface area contributed by atoms with E-state index >= 15 is 0 Å². The number of hydrogen-bond acceptors (Lipinski definition) is 11. The molecule has 1 unspecified atom stereocenters. The molecular formula is C40H56BN4O11P. The third-order valence-corrected chi connectivity index (χ3v) is 10.7. The third-order valence-electron chi connectivity index (χ3n) is 8.94. The van der Waals surface area contributed by atoms with Gasteiger partial charge in [-0.2, -0.15) is 5.06 Å². The molecule has 57 heavy (non-hydrogen) atoms. The van der Waals surface area contributed by atoms with Crippen molar-refractivity contribution >= 4 is 45.2 Å². The Balaban J connectivity index is 1.67. The SMILES string of the molecule is CBOP(=O)(CNC(=O)c1ccc(-c2ccc(C(=O)NCNC(=O)[C@H](CCCCC)[C@@H](CC)N(C=O)OC(=O)c3ccc(C)cc3)o2)cc1OCC)OCCCC. The summed E-state index contributed by atoms with van der Waals surface area (Å²) in [6.07, 6.45) is 4.86. The van der Waals surface area contributed by atoms with Crippen molar-refractivity contribution in [1.29, 1.82) is 0 Å². The number of aryl methyl sites for hydroxylation is 1. The number of nitrogens with one attached hydrogen (secondary N) is 3. The first-order valence-electron chi connectivity index (χ1n) is 19.6. The van der Waals surface area contributed by atoms with E-state index in [2.05, 4.69) is 16.0 Å². The molecule has 0 aliphatic rings. The minimum atomic E-state index is -3.55. The Bertz CT molecular complexity index is 1820. The molecule has 1 heterocycles. The maximum atomic E-state index is 13.6. The van der Waals surface area contributed by atoms with Crippen molar-refractivity contribution < 1.29 is 51.5 Å². The first-order valence-corrected chi connectivity index (χ1v) is 21.3. The zero-order valence-electron chi connectivity index (χ0n) is 33.8. The van der Waals surface area contributed by atoms with Gasteiger partial charge in [0.1, 0.15) is 17.8 Å². The van der Waals surface area contributed by atoms with Gasteiger partial charge in [0.15, 0.2) is 5.76 Å². The normalized spacial score (nSPS) is 13.0. The Morgan fingerprint density at radius 2 is 1.65 bits per heavy atom. The Morgan fingerprint density at radius 1 is 0.912 bits per heavy atom. The molecule has 0 aliphatic heterocycles. The van der Waals surface area contributed by atoms with Crippen LogP contribution in [0, 0.1) is 12.8 Å². The van der Waals surface area contributed by atoms with Gasteiger partial charge in [-0.25, -0.2) is 4.79 Å². The van der Waals surface area contributed by atoms with E-state index in [1.54, 1.807) is 63.1 Å². The maximum absolute atomic E-state index is 13.6. The Morgan fingerprint density at radius 3 is 2.30 bits per heavy atom. The Hall–Kier alpha value is -4.92. The number of unbranched alkanes of at least 4 members (excludes halogenated alkanes) is 3. The summed E-state index contributed by atoms with van der Waals surface area (Å²) in [5.74, 6) is -2.48. The fraction of sp³-hybridized carbons (Fsp3) is 0.475. The van der Waals surface area contributed by atoms with E-state index in [9.17, 15) is 28.5 Å². The second-order valence-corrected chi connectivity index (χ2v) is 15.3. The number of carbonyl (C=O) groups excluding carboxylic acids is 5. The van der Waals surface area contributed by atoms with E-state index < -0.39 is 43.2 Å². The van der Waals surface area contributed by atoms with Gasteiger partial charge in [0.2, 0.25) is 12.3 Å². The minimum Gasteiger partial charge on any atom is -0.493 e. The second kappa shape index (κ2) is 24.0. The van der Waals surface area contributed by atoms with Gasteiger partial charge in [0.25, 0.3) is 19.3 Å². The summed E-state index contributed by atoms with van der Waals surface area (Å²) in [5, 5.41) is 8.89. The molecule has 0 saturated heterocycles. The molecule has 0 fully saturated rings. The monoisotopic (exact) mass is 810 g/mol. The largest absolute Gasteiger partial charge is 0.493 e. The molecule has 0 saturated carbocycles. The van der Waals surface area contributed by atoms with Crippen molar-refractivity contribution in [2.24, 2.45) is 5.92 Å². The smallest absolute Gasteiger partial charge is 0.363 e. The molecule has 1 aromatic heterocycles. The highest BCUT2D eigenvalue weighted by atomic mass is 31.2. The van der Waals surface area contributed by atoms with Crippen molar-refractivity contribution in [3.63, 3.8) is 0 Å². The average Bonchev–Trinajstić information content (AvgIpc) is 3.70. The third kappa shape index (κ3) is 14.2. The van der Waals surface area contributed by atoms with Gasteiger partial charge in [-0.05, 0) is 69.5 Å². The highest BCUT2D eigenvalue weighted by Gasteiger charge is 2.34. The quantitative estimate of drug-likeness (QED) is 0.0194. The molecule has 3 rings (SSSR count). The molecule has 15 nitrogen and oxygen atoms in total. The maximum Gasteiger partial charge on any atom is 0.363 e. The van der Waals surface area contributed by atoms with Crippen LogP contribution < -0.4 is 20.7 Å². The lowest BCUT2D eigenvalue weighted by molar-refractivity contribution is -0.171. The van der Waals surface area contributed by atoms with E-state index in [0.717, 1.165) is 29.9 Å². The van der Waals surface area contributed by atoms with Gasteiger partial charge in [0.05, 0.1) is 43.0 Å². The topological polar surface area (TPSA) is 192 Å². The van der Waals surface area contributed by atoms with Crippen molar-refractivity contribution in [3.8, 4) is 17.1 Å². The van der Waals surface area contributed by atoms with E-state index in [0.29, 0.717) is 43.4 Å². The summed E-state index contributed by atoms with van der Waals surface area (Å²) < 4.78 is 35.5. The van der Waals surface area contributed by atoms with Gasteiger partial charge >= 0.3 is 13.6 Å². The highest BCUT2D eigenvalue weighted by molar-refractivity contribution is 7.54. The standard InChI is InChI=1S/C40H56BN4O11P/c1-7-11-13-14-31(33(9-3)45(27-46)55-40(50)29-17-15-28(5)16-18-29)37(47)42-25-43-39(49)35-22-21-34(54-35)30-19-20-32(36(24-30)52-10-4)38(48)44-26-57(51,56-41-6)53-23-12-8-2/h15-22,24,27,31,33,41H,7-14,23,25-26H2,1-6H3,(H,42,47)(H,43,49)(H,44,48)/t31-,33-,57?/m1/s1. The zero-order valence-corrected chi connectivity index (χ0v) is 34.7. The number of ether oxygens (including phenoxy) is 1. The molecule has 0 radical (unpaired) electrons. The molecule has 2 aromatic carbocycles. The number of hydrogen-bond donors (Lipinski definition) is 3. The van der Waals surface area contributed by atoms with Crippen molar-refractivity contribution in [2.45, 2.75) is 92.4 Å². The van der Waals surface area contributed by atoms with Gasteiger partial charge in [-0.3, -0.25) is 23.7 Å². The zero-order chi connectivity index (χ0) is 41.8. The molecular weight excluding hydrogens is 754 g/mol. The number of furan rings is 1. The number of nitrogens with zero attached hydrogens (tertiary/aromatic N) is 1. The van der Waals surface area contributed by atoms with E-state index in [1.807, 2.05) is 20.8 Å². The second-order valence-electron chi connectivity index (χ2n) is 13.2. The van der Waals surface area contributed by atoms with Crippen LogP contribution in [0.1, 0.15) is 109 Å². The van der Waals surface area contributed by atoms with Crippen molar-refractivity contribution in [1.82, 2.24) is 21.0 Å². The van der Waals surface area contributed by atoms with E-state index in [1.165, 1.54) is 12.1 Å².